The number of hydrogen-bond acceptors (Lipinski definition) is 3. The minimum atomic E-state index is -0.700. The van der Waals surface area contributed by atoms with Gasteiger partial charge in [0.25, 0.3) is 0 Å². The molecular formula is C38H72O4. The lowest BCUT2D eigenvalue weighted by atomic mass is 10.0. The second-order valence-electron chi connectivity index (χ2n) is 12.8. The number of carbonyl (C=O) groups is 2. The van der Waals surface area contributed by atoms with Crippen LogP contribution < -0.4 is 0 Å². The van der Waals surface area contributed by atoms with Gasteiger partial charge >= 0.3 is 11.9 Å². The molecule has 0 aromatic carbocycles. The summed E-state index contributed by atoms with van der Waals surface area (Å²) in [4.78, 5) is 23.3. The lowest BCUT2D eigenvalue weighted by Gasteiger charge is -2.18. The molecular weight excluding hydrogens is 520 g/mol. The fourth-order valence-electron chi connectivity index (χ4n) is 5.71. The van der Waals surface area contributed by atoms with Crippen molar-refractivity contribution in [1.82, 2.24) is 0 Å². The Labute approximate surface area is 262 Å². The number of allylic oxidation sites excluding steroid dienone is 2. The SMILES string of the molecule is CCCCCCC/C=C\CCCCCCCC(=O)OC(CCCCCCCCCCCC)CCCCCCCC(=O)O. The van der Waals surface area contributed by atoms with Crippen molar-refractivity contribution in [3.8, 4) is 0 Å². The third-order valence-electron chi connectivity index (χ3n) is 8.49. The van der Waals surface area contributed by atoms with Crippen LogP contribution >= 0.6 is 0 Å². The predicted molar refractivity (Wildman–Crippen MR) is 181 cm³/mol. The summed E-state index contributed by atoms with van der Waals surface area (Å²) in [6.45, 7) is 4.54. The molecule has 1 unspecified atom stereocenters. The highest BCUT2D eigenvalue weighted by molar-refractivity contribution is 5.69. The van der Waals surface area contributed by atoms with Gasteiger partial charge in [0.2, 0.25) is 0 Å². The Kier molecular flexibility index (Phi) is 33.1. The Morgan fingerprint density at radius 2 is 0.857 bits per heavy atom. The molecule has 0 saturated carbocycles. The van der Waals surface area contributed by atoms with E-state index in [1.54, 1.807) is 0 Å². The molecule has 1 atom stereocenters. The van der Waals surface area contributed by atoms with Crippen molar-refractivity contribution in [3.05, 3.63) is 12.2 Å². The lowest BCUT2D eigenvalue weighted by molar-refractivity contribution is -0.150. The van der Waals surface area contributed by atoms with Gasteiger partial charge < -0.3 is 9.84 Å². The van der Waals surface area contributed by atoms with Crippen LogP contribution in [0.5, 0.6) is 0 Å². The fraction of sp³-hybridized carbons (Fsp3) is 0.895. The third-order valence-corrected chi connectivity index (χ3v) is 8.49. The summed E-state index contributed by atoms with van der Waals surface area (Å²) in [7, 11) is 0. The van der Waals surface area contributed by atoms with Gasteiger partial charge in [0.1, 0.15) is 6.10 Å². The summed E-state index contributed by atoms with van der Waals surface area (Å²) >= 11 is 0. The van der Waals surface area contributed by atoms with Crippen molar-refractivity contribution < 1.29 is 19.4 Å². The van der Waals surface area contributed by atoms with Crippen molar-refractivity contribution in [2.24, 2.45) is 0 Å². The summed E-state index contributed by atoms with van der Waals surface area (Å²) in [6, 6.07) is 0. The number of esters is 1. The number of carboxylic acid groups (broad SMARTS) is 1. The molecule has 0 aromatic heterocycles. The van der Waals surface area contributed by atoms with E-state index >= 15 is 0 Å². The highest BCUT2D eigenvalue weighted by Crippen LogP contribution is 2.19. The van der Waals surface area contributed by atoms with Crippen molar-refractivity contribution in [1.29, 1.82) is 0 Å². The van der Waals surface area contributed by atoms with Crippen LogP contribution in [-0.2, 0) is 14.3 Å². The highest BCUT2D eigenvalue weighted by atomic mass is 16.5. The molecule has 0 aliphatic rings. The first-order valence-electron chi connectivity index (χ1n) is 18.7. The van der Waals surface area contributed by atoms with E-state index in [1.807, 2.05) is 0 Å². The maximum absolute atomic E-state index is 12.6. The van der Waals surface area contributed by atoms with Gasteiger partial charge in [-0.1, -0.05) is 148 Å². The van der Waals surface area contributed by atoms with Gasteiger partial charge in [-0.2, -0.15) is 0 Å². The number of unbranched alkanes of at least 4 members (excludes halogenated alkanes) is 23. The first kappa shape index (κ1) is 40.7. The van der Waals surface area contributed by atoms with Crippen molar-refractivity contribution >= 4 is 11.9 Å². The minimum Gasteiger partial charge on any atom is -0.481 e. The van der Waals surface area contributed by atoms with E-state index in [2.05, 4.69) is 26.0 Å². The van der Waals surface area contributed by atoms with Crippen LogP contribution in [-0.4, -0.2) is 23.1 Å². The molecule has 0 saturated heterocycles. The van der Waals surface area contributed by atoms with Gasteiger partial charge in [-0.3, -0.25) is 9.59 Å². The van der Waals surface area contributed by atoms with Crippen molar-refractivity contribution in [3.63, 3.8) is 0 Å². The zero-order valence-corrected chi connectivity index (χ0v) is 28.3. The van der Waals surface area contributed by atoms with Gasteiger partial charge in [-0.05, 0) is 64.2 Å². The zero-order valence-electron chi connectivity index (χ0n) is 28.3. The molecule has 0 bridgehead atoms. The van der Waals surface area contributed by atoms with E-state index in [0.717, 1.165) is 64.2 Å². The van der Waals surface area contributed by atoms with Crippen LogP contribution in [0.15, 0.2) is 12.2 Å². The maximum Gasteiger partial charge on any atom is 0.306 e. The number of carboxylic acids is 1. The number of aliphatic carboxylic acids is 1. The predicted octanol–water partition coefficient (Wildman–Crippen LogP) is 12.7. The van der Waals surface area contributed by atoms with Gasteiger partial charge in [0.05, 0.1) is 0 Å². The molecule has 42 heavy (non-hydrogen) atoms. The standard InChI is InChI=1S/C38H72O4/c1-3-5-7-9-11-13-15-16-17-18-20-22-27-31-35-38(41)42-36(33-29-25-23-26-30-34-37(39)40)32-28-24-21-19-14-12-10-8-6-4-2/h15-16,36H,3-14,17-35H2,1-2H3,(H,39,40)/b16-15-. The Balaban J connectivity index is 4.02. The smallest absolute Gasteiger partial charge is 0.306 e. The molecule has 0 rings (SSSR count). The highest BCUT2D eigenvalue weighted by Gasteiger charge is 2.14. The monoisotopic (exact) mass is 593 g/mol. The molecule has 0 aromatic rings. The molecule has 0 radical (unpaired) electrons. The summed E-state index contributed by atoms with van der Waals surface area (Å²) < 4.78 is 5.98. The molecule has 1 N–H and O–H groups in total. The summed E-state index contributed by atoms with van der Waals surface area (Å²) in [6.07, 6.45) is 40.8. The molecule has 4 heteroatoms. The Bertz CT molecular complexity index is 600. The van der Waals surface area contributed by atoms with Crippen molar-refractivity contribution in [2.75, 3.05) is 0 Å². The first-order chi connectivity index (χ1) is 20.6. The fourth-order valence-corrected chi connectivity index (χ4v) is 5.71. The topological polar surface area (TPSA) is 63.6 Å². The summed E-state index contributed by atoms with van der Waals surface area (Å²) in [5.41, 5.74) is 0. The number of rotatable bonds is 34. The molecule has 4 nitrogen and oxygen atoms in total. The average molecular weight is 593 g/mol. The first-order valence-corrected chi connectivity index (χ1v) is 18.7. The molecule has 0 amide bonds. The van der Waals surface area contributed by atoms with Crippen LogP contribution in [0.1, 0.15) is 213 Å². The average Bonchev–Trinajstić information content (AvgIpc) is 2.97. The molecule has 0 spiro atoms. The van der Waals surface area contributed by atoms with Gasteiger partial charge in [-0.15, -0.1) is 0 Å². The number of carbonyl (C=O) groups excluding carboxylic acids is 1. The van der Waals surface area contributed by atoms with Crippen LogP contribution in [0.3, 0.4) is 0 Å². The third kappa shape index (κ3) is 33.2. The van der Waals surface area contributed by atoms with E-state index in [1.165, 1.54) is 122 Å². The van der Waals surface area contributed by atoms with Gasteiger partial charge in [0.15, 0.2) is 0 Å². The largest absolute Gasteiger partial charge is 0.481 e. The Hall–Kier alpha value is -1.32. The molecule has 0 aliphatic heterocycles. The van der Waals surface area contributed by atoms with E-state index in [0.29, 0.717) is 6.42 Å². The Morgan fingerprint density at radius 1 is 0.500 bits per heavy atom. The molecule has 248 valence electrons. The normalized spacial score (nSPS) is 12.2. The van der Waals surface area contributed by atoms with Crippen molar-refractivity contribution in [2.45, 2.75) is 219 Å². The maximum atomic E-state index is 12.6. The quantitative estimate of drug-likeness (QED) is 0.0458. The zero-order chi connectivity index (χ0) is 30.8. The van der Waals surface area contributed by atoms with E-state index < -0.39 is 5.97 Å². The summed E-state index contributed by atoms with van der Waals surface area (Å²) in [5, 5.41) is 8.79. The second kappa shape index (κ2) is 34.2. The minimum absolute atomic E-state index is 0.00425. The molecule has 0 aliphatic carbocycles. The number of hydrogen-bond donors (Lipinski definition) is 1. The van der Waals surface area contributed by atoms with Crippen LogP contribution in [0.25, 0.3) is 0 Å². The second-order valence-corrected chi connectivity index (χ2v) is 12.8. The van der Waals surface area contributed by atoms with Crippen LogP contribution in [0, 0.1) is 0 Å². The van der Waals surface area contributed by atoms with E-state index in [4.69, 9.17) is 9.84 Å². The lowest BCUT2D eigenvalue weighted by Crippen LogP contribution is -2.18. The Morgan fingerprint density at radius 3 is 1.29 bits per heavy atom. The van der Waals surface area contributed by atoms with E-state index in [-0.39, 0.29) is 18.5 Å². The summed E-state index contributed by atoms with van der Waals surface area (Å²) in [5.74, 6) is -0.704. The number of ether oxygens (including phenoxy) is 1. The van der Waals surface area contributed by atoms with Crippen LogP contribution in [0.2, 0.25) is 0 Å². The van der Waals surface area contributed by atoms with Gasteiger partial charge in [-0.25, -0.2) is 0 Å². The molecule has 0 heterocycles. The van der Waals surface area contributed by atoms with Gasteiger partial charge in [0, 0.05) is 12.8 Å². The molecule has 0 fully saturated rings. The van der Waals surface area contributed by atoms with E-state index in [9.17, 15) is 9.59 Å². The van der Waals surface area contributed by atoms with Crippen LogP contribution in [0.4, 0.5) is 0 Å².